The van der Waals surface area contributed by atoms with E-state index in [4.69, 9.17) is 0 Å². The molecule has 2 rings (SSSR count). The van der Waals surface area contributed by atoms with Gasteiger partial charge >= 0.3 is 6.18 Å². The Hall–Kier alpha value is -0.790. The molecule has 1 aromatic carbocycles. The maximum Gasteiger partial charge on any atom is 0.401 e. The van der Waals surface area contributed by atoms with Gasteiger partial charge in [-0.15, -0.1) is 0 Å². The molecule has 0 unspecified atom stereocenters. The lowest BCUT2D eigenvalue weighted by molar-refractivity contribution is -0.146. The lowest BCUT2D eigenvalue weighted by Crippen LogP contribution is -2.49. The lowest BCUT2D eigenvalue weighted by Gasteiger charge is -2.36. The van der Waals surface area contributed by atoms with Gasteiger partial charge in [0.1, 0.15) is 0 Å². The van der Waals surface area contributed by atoms with E-state index in [1.54, 1.807) is 6.92 Å². The zero-order valence-corrected chi connectivity index (χ0v) is 13.3. The van der Waals surface area contributed by atoms with Gasteiger partial charge in [-0.3, -0.25) is 4.90 Å². The van der Waals surface area contributed by atoms with E-state index in [9.17, 15) is 18.3 Å². The zero-order valence-electron chi connectivity index (χ0n) is 11.7. The number of piperazine rings is 1. The van der Waals surface area contributed by atoms with Gasteiger partial charge in [0.2, 0.25) is 0 Å². The fraction of sp³-hybridized carbons (Fsp3) is 0.571. The summed E-state index contributed by atoms with van der Waals surface area (Å²) >= 11 is 3.47. The number of halogens is 4. The van der Waals surface area contributed by atoms with E-state index in [1.807, 2.05) is 18.2 Å². The zero-order chi connectivity index (χ0) is 15.6. The van der Waals surface area contributed by atoms with E-state index in [0.29, 0.717) is 26.2 Å². The molecule has 0 bridgehead atoms. The Kier molecular flexibility index (Phi) is 5.16. The van der Waals surface area contributed by atoms with E-state index >= 15 is 0 Å². The molecule has 1 atom stereocenters. The third-order valence-electron chi connectivity index (χ3n) is 3.57. The second kappa shape index (κ2) is 6.54. The normalized spacial score (nSPS) is 18.9. The minimum atomic E-state index is -4.14. The molecule has 0 amide bonds. The molecule has 1 aliphatic rings. The summed E-state index contributed by atoms with van der Waals surface area (Å²) in [7, 11) is 0. The molecule has 0 radical (unpaired) electrons. The first kappa shape index (κ1) is 16.6. The minimum absolute atomic E-state index is 0.393. The summed E-state index contributed by atoms with van der Waals surface area (Å²) in [5, 5.41) is 9.54. The second-order valence-corrected chi connectivity index (χ2v) is 6.12. The fourth-order valence-corrected chi connectivity index (χ4v) is 3.09. The van der Waals surface area contributed by atoms with Crippen molar-refractivity contribution in [2.45, 2.75) is 19.2 Å². The van der Waals surface area contributed by atoms with Gasteiger partial charge in [0.15, 0.2) is 0 Å². The summed E-state index contributed by atoms with van der Waals surface area (Å²) in [6, 6.07) is 5.58. The SMILES string of the molecule is C[C@H](O)c1ccc(N2CCN(CC(F)(F)F)CC2)c(Br)c1. The topological polar surface area (TPSA) is 26.7 Å². The average molecular weight is 367 g/mol. The van der Waals surface area contributed by atoms with Crippen molar-refractivity contribution in [1.29, 1.82) is 0 Å². The van der Waals surface area contributed by atoms with Crippen molar-refractivity contribution >= 4 is 21.6 Å². The van der Waals surface area contributed by atoms with E-state index in [-0.39, 0.29) is 0 Å². The van der Waals surface area contributed by atoms with Crippen LogP contribution in [0.5, 0.6) is 0 Å². The van der Waals surface area contributed by atoms with Crippen LogP contribution >= 0.6 is 15.9 Å². The molecular weight excluding hydrogens is 349 g/mol. The van der Waals surface area contributed by atoms with Crippen molar-refractivity contribution < 1.29 is 18.3 Å². The van der Waals surface area contributed by atoms with Crippen LogP contribution in [-0.4, -0.2) is 48.9 Å². The molecular formula is C14H18BrF3N2O. The monoisotopic (exact) mass is 366 g/mol. The fourth-order valence-electron chi connectivity index (χ4n) is 2.44. The molecule has 0 aliphatic carbocycles. The molecule has 0 saturated carbocycles. The maximum absolute atomic E-state index is 12.4. The van der Waals surface area contributed by atoms with E-state index in [1.165, 1.54) is 4.90 Å². The number of nitrogens with zero attached hydrogens (tertiary/aromatic N) is 2. The quantitative estimate of drug-likeness (QED) is 0.889. The van der Waals surface area contributed by atoms with Gasteiger partial charge in [-0.2, -0.15) is 13.2 Å². The van der Waals surface area contributed by atoms with Crippen LogP contribution in [-0.2, 0) is 0 Å². The summed E-state index contributed by atoms with van der Waals surface area (Å²) in [4.78, 5) is 3.48. The Labute approximate surface area is 130 Å². The Morgan fingerprint density at radius 2 is 1.86 bits per heavy atom. The highest BCUT2D eigenvalue weighted by atomic mass is 79.9. The molecule has 1 aromatic rings. The largest absolute Gasteiger partial charge is 0.401 e. The molecule has 118 valence electrons. The van der Waals surface area contributed by atoms with Crippen LogP contribution in [0.3, 0.4) is 0 Å². The van der Waals surface area contributed by atoms with E-state index in [0.717, 1.165) is 15.7 Å². The number of rotatable bonds is 3. The molecule has 1 N–H and O–H groups in total. The second-order valence-electron chi connectivity index (χ2n) is 5.27. The summed E-state index contributed by atoms with van der Waals surface area (Å²) in [5.74, 6) is 0. The average Bonchev–Trinajstić information content (AvgIpc) is 2.38. The number of benzene rings is 1. The van der Waals surface area contributed by atoms with Gasteiger partial charge in [-0.1, -0.05) is 6.07 Å². The summed E-state index contributed by atoms with van der Waals surface area (Å²) in [6.45, 7) is 2.75. The Balaban J connectivity index is 1.99. The molecule has 0 aromatic heterocycles. The van der Waals surface area contributed by atoms with Crippen molar-refractivity contribution in [3.8, 4) is 0 Å². The van der Waals surface area contributed by atoms with Gasteiger partial charge in [-0.25, -0.2) is 0 Å². The van der Waals surface area contributed by atoms with Crippen molar-refractivity contribution in [2.24, 2.45) is 0 Å². The van der Waals surface area contributed by atoms with Crippen molar-refractivity contribution in [2.75, 3.05) is 37.6 Å². The number of hydrogen-bond acceptors (Lipinski definition) is 3. The predicted molar refractivity (Wildman–Crippen MR) is 79.5 cm³/mol. The third-order valence-corrected chi connectivity index (χ3v) is 4.21. The highest BCUT2D eigenvalue weighted by Crippen LogP contribution is 2.30. The molecule has 0 spiro atoms. The molecule has 7 heteroatoms. The van der Waals surface area contributed by atoms with Crippen molar-refractivity contribution in [3.63, 3.8) is 0 Å². The minimum Gasteiger partial charge on any atom is -0.389 e. The summed E-state index contributed by atoms with van der Waals surface area (Å²) in [6.07, 6.45) is -4.68. The summed E-state index contributed by atoms with van der Waals surface area (Å²) < 4.78 is 37.9. The highest BCUT2D eigenvalue weighted by Gasteiger charge is 2.32. The summed E-state index contributed by atoms with van der Waals surface area (Å²) in [5.41, 5.74) is 1.76. The van der Waals surface area contributed by atoms with Gasteiger partial charge in [0.05, 0.1) is 18.3 Å². The van der Waals surface area contributed by atoms with Crippen LogP contribution in [0, 0.1) is 0 Å². The van der Waals surface area contributed by atoms with Crippen LogP contribution in [0.4, 0.5) is 18.9 Å². The maximum atomic E-state index is 12.4. The van der Waals surface area contributed by atoms with Crippen LogP contribution in [0.2, 0.25) is 0 Å². The third kappa shape index (κ3) is 4.59. The van der Waals surface area contributed by atoms with Gasteiger partial charge in [-0.05, 0) is 40.5 Å². The first-order valence-electron chi connectivity index (χ1n) is 6.78. The van der Waals surface area contributed by atoms with Crippen molar-refractivity contribution in [1.82, 2.24) is 4.90 Å². The molecule has 3 nitrogen and oxygen atoms in total. The molecule has 21 heavy (non-hydrogen) atoms. The standard InChI is InChI=1S/C14H18BrF3N2O/c1-10(21)11-2-3-13(12(15)8-11)20-6-4-19(5-7-20)9-14(16,17)18/h2-3,8,10,21H,4-7,9H2,1H3/t10-/m0/s1. The molecule has 1 heterocycles. The van der Waals surface area contributed by atoms with Gasteiger partial charge in [0, 0.05) is 30.7 Å². The number of alkyl halides is 3. The predicted octanol–water partition coefficient (Wildman–Crippen LogP) is 3.19. The van der Waals surface area contributed by atoms with Gasteiger partial charge < -0.3 is 10.0 Å². The number of aliphatic hydroxyl groups is 1. The van der Waals surface area contributed by atoms with Gasteiger partial charge in [0.25, 0.3) is 0 Å². The number of hydrogen-bond donors (Lipinski definition) is 1. The van der Waals surface area contributed by atoms with E-state index in [2.05, 4.69) is 20.8 Å². The van der Waals surface area contributed by atoms with Crippen LogP contribution < -0.4 is 4.90 Å². The Bertz CT molecular complexity index is 486. The highest BCUT2D eigenvalue weighted by molar-refractivity contribution is 9.10. The molecule has 1 fully saturated rings. The number of aliphatic hydroxyl groups excluding tert-OH is 1. The Morgan fingerprint density at radius 1 is 1.24 bits per heavy atom. The van der Waals surface area contributed by atoms with E-state index < -0.39 is 18.8 Å². The van der Waals surface area contributed by atoms with Crippen LogP contribution in [0.15, 0.2) is 22.7 Å². The first-order chi connectivity index (χ1) is 9.76. The first-order valence-corrected chi connectivity index (χ1v) is 7.57. The number of anilines is 1. The lowest BCUT2D eigenvalue weighted by atomic mass is 10.1. The van der Waals surface area contributed by atoms with Crippen molar-refractivity contribution in [3.05, 3.63) is 28.2 Å². The molecule has 1 aliphatic heterocycles. The van der Waals surface area contributed by atoms with Crippen LogP contribution in [0.1, 0.15) is 18.6 Å². The molecule has 1 saturated heterocycles. The van der Waals surface area contributed by atoms with Crippen LogP contribution in [0.25, 0.3) is 0 Å². The Morgan fingerprint density at radius 3 is 2.33 bits per heavy atom. The smallest absolute Gasteiger partial charge is 0.389 e.